The normalized spacial score (nSPS) is 16.6. The lowest BCUT2D eigenvalue weighted by atomic mass is 10.1. The second-order valence-corrected chi connectivity index (χ2v) is 5.08. The average Bonchev–Trinajstić information content (AvgIpc) is 3.18. The Morgan fingerprint density at radius 3 is 2.61 bits per heavy atom. The molecular weight excluding hydrogens is 226 g/mol. The second kappa shape index (κ2) is 5.48. The number of nitrogens with zero attached hydrogens (tertiary/aromatic N) is 1. The van der Waals surface area contributed by atoms with Crippen LogP contribution in [0.4, 0.5) is 17.1 Å². The third-order valence-electron chi connectivity index (χ3n) is 3.73. The second-order valence-electron chi connectivity index (χ2n) is 5.08. The minimum absolute atomic E-state index is 0.531. The van der Waals surface area contributed by atoms with Gasteiger partial charge in [-0.1, -0.05) is 0 Å². The summed E-state index contributed by atoms with van der Waals surface area (Å²) in [7, 11) is 1.73. The number of hydrogen-bond acceptors (Lipinski definition) is 4. The van der Waals surface area contributed by atoms with E-state index in [2.05, 4.69) is 11.8 Å². The number of hydrogen-bond donors (Lipinski definition) is 2. The first-order valence-corrected chi connectivity index (χ1v) is 6.54. The van der Waals surface area contributed by atoms with Gasteiger partial charge in [0.1, 0.15) is 0 Å². The standard InChI is InChI=1S/C14H23N3O/c1-10(11-3-4-11)17(7-8-18-2)12-5-6-13(15)14(16)9-12/h5-6,9-11H,3-4,7-8,15-16H2,1-2H3. The predicted molar refractivity (Wildman–Crippen MR) is 76.7 cm³/mol. The van der Waals surface area contributed by atoms with Gasteiger partial charge >= 0.3 is 0 Å². The first-order valence-electron chi connectivity index (χ1n) is 6.54. The van der Waals surface area contributed by atoms with Crippen molar-refractivity contribution in [3.05, 3.63) is 18.2 Å². The van der Waals surface area contributed by atoms with Crippen molar-refractivity contribution in [3.8, 4) is 0 Å². The predicted octanol–water partition coefficient (Wildman–Crippen LogP) is 2.10. The molecule has 1 aliphatic rings. The van der Waals surface area contributed by atoms with Crippen LogP contribution in [0.5, 0.6) is 0 Å². The van der Waals surface area contributed by atoms with Gasteiger partial charge in [-0.3, -0.25) is 0 Å². The van der Waals surface area contributed by atoms with Crippen molar-refractivity contribution in [2.75, 3.05) is 36.6 Å². The fraction of sp³-hybridized carbons (Fsp3) is 0.571. The summed E-state index contributed by atoms with van der Waals surface area (Å²) in [6.07, 6.45) is 2.66. The minimum Gasteiger partial charge on any atom is -0.397 e. The van der Waals surface area contributed by atoms with Crippen molar-refractivity contribution in [2.24, 2.45) is 5.92 Å². The highest BCUT2D eigenvalue weighted by atomic mass is 16.5. The zero-order chi connectivity index (χ0) is 13.1. The van der Waals surface area contributed by atoms with Gasteiger partial charge in [-0.2, -0.15) is 0 Å². The average molecular weight is 249 g/mol. The van der Waals surface area contributed by atoms with Gasteiger partial charge in [0.25, 0.3) is 0 Å². The van der Waals surface area contributed by atoms with E-state index in [0.717, 1.165) is 24.8 Å². The summed E-state index contributed by atoms with van der Waals surface area (Å²) in [5.74, 6) is 0.806. The molecule has 0 bridgehead atoms. The first-order chi connectivity index (χ1) is 8.63. The van der Waals surface area contributed by atoms with Crippen molar-refractivity contribution in [1.82, 2.24) is 0 Å². The van der Waals surface area contributed by atoms with Crippen LogP contribution in [0.3, 0.4) is 0 Å². The van der Waals surface area contributed by atoms with Crippen LogP contribution in [-0.2, 0) is 4.74 Å². The number of ether oxygens (including phenoxy) is 1. The Morgan fingerprint density at radius 2 is 2.06 bits per heavy atom. The van der Waals surface area contributed by atoms with E-state index in [1.165, 1.54) is 12.8 Å². The van der Waals surface area contributed by atoms with E-state index in [1.807, 2.05) is 18.2 Å². The number of nitrogen functional groups attached to an aromatic ring is 2. The highest BCUT2D eigenvalue weighted by molar-refractivity contribution is 5.70. The van der Waals surface area contributed by atoms with Gasteiger partial charge < -0.3 is 21.1 Å². The molecule has 0 aromatic heterocycles. The summed E-state index contributed by atoms with van der Waals surface area (Å²) < 4.78 is 5.20. The molecule has 4 nitrogen and oxygen atoms in total. The van der Waals surface area contributed by atoms with Crippen LogP contribution in [0.2, 0.25) is 0 Å². The zero-order valence-electron chi connectivity index (χ0n) is 11.2. The molecule has 0 spiro atoms. The Labute approximate surface area is 109 Å². The van der Waals surface area contributed by atoms with Gasteiger partial charge in [-0.25, -0.2) is 0 Å². The summed E-state index contributed by atoms with van der Waals surface area (Å²) in [5, 5.41) is 0. The van der Waals surface area contributed by atoms with Crippen molar-refractivity contribution in [3.63, 3.8) is 0 Å². The lowest BCUT2D eigenvalue weighted by molar-refractivity contribution is 0.202. The van der Waals surface area contributed by atoms with E-state index >= 15 is 0 Å². The summed E-state index contributed by atoms with van der Waals surface area (Å²) in [4.78, 5) is 2.37. The maximum absolute atomic E-state index is 5.90. The van der Waals surface area contributed by atoms with E-state index in [0.29, 0.717) is 17.4 Å². The van der Waals surface area contributed by atoms with Crippen molar-refractivity contribution < 1.29 is 4.74 Å². The van der Waals surface area contributed by atoms with Crippen LogP contribution in [0, 0.1) is 5.92 Å². The van der Waals surface area contributed by atoms with Gasteiger partial charge in [-0.05, 0) is 43.9 Å². The molecule has 0 saturated heterocycles. The Bertz CT molecular complexity index is 404. The summed E-state index contributed by atoms with van der Waals surface area (Å²) in [6, 6.07) is 6.41. The monoisotopic (exact) mass is 249 g/mol. The van der Waals surface area contributed by atoms with Crippen molar-refractivity contribution >= 4 is 17.1 Å². The molecule has 1 saturated carbocycles. The molecule has 4 heteroatoms. The Morgan fingerprint density at radius 1 is 1.33 bits per heavy atom. The Hall–Kier alpha value is -1.42. The van der Waals surface area contributed by atoms with Gasteiger partial charge in [-0.15, -0.1) is 0 Å². The van der Waals surface area contributed by atoms with Gasteiger partial charge in [0.15, 0.2) is 0 Å². The molecule has 0 amide bonds. The molecule has 0 radical (unpaired) electrons. The number of methoxy groups -OCH3 is 1. The number of benzene rings is 1. The topological polar surface area (TPSA) is 64.5 Å². The van der Waals surface area contributed by atoms with E-state index in [-0.39, 0.29) is 0 Å². The van der Waals surface area contributed by atoms with Gasteiger partial charge in [0.2, 0.25) is 0 Å². The lowest BCUT2D eigenvalue weighted by Crippen LogP contribution is -2.37. The zero-order valence-corrected chi connectivity index (χ0v) is 11.2. The number of rotatable bonds is 6. The molecule has 1 aromatic rings. The molecular formula is C14H23N3O. The highest BCUT2D eigenvalue weighted by Gasteiger charge is 2.32. The SMILES string of the molecule is COCCN(c1ccc(N)c(N)c1)C(C)C1CC1. The Balaban J connectivity index is 2.17. The Kier molecular flexibility index (Phi) is 3.97. The maximum atomic E-state index is 5.90. The third kappa shape index (κ3) is 2.88. The molecule has 1 aliphatic carbocycles. The first kappa shape index (κ1) is 13.0. The molecule has 2 rings (SSSR count). The lowest BCUT2D eigenvalue weighted by Gasteiger charge is -2.31. The highest BCUT2D eigenvalue weighted by Crippen LogP contribution is 2.37. The molecule has 1 unspecified atom stereocenters. The summed E-state index contributed by atoms with van der Waals surface area (Å²) >= 11 is 0. The summed E-state index contributed by atoms with van der Waals surface area (Å²) in [5.41, 5.74) is 14.1. The van der Waals surface area contributed by atoms with E-state index < -0.39 is 0 Å². The number of nitrogens with two attached hydrogens (primary N) is 2. The van der Waals surface area contributed by atoms with Crippen LogP contribution in [0.1, 0.15) is 19.8 Å². The van der Waals surface area contributed by atoms with Crippen LogP contribution >= 0.6 is 0 Å². The number of anilines is 3. The van der Waals surface area contributed by atoms with Crippen molar-refractivity contribution in [2.45, 2.75) is 25.8 Å². The van der Waals surface area contributed by atoms with Crippen LogP contribution in [-0.4, -0.2) is 26.3 Å². The molecule has 100 valence electrons. The van der Waals surface area contributed by atoms with Crippen LogP contribution < -0.4 is 16.4 Å². The molecule has 1 fully saturated rings. The smallest absolute Gasteiger partial charge is 0.0637 e. The molecule has 1 atom stereocenters. The van der Waals surface area contributed by atoms with E-state index in [1.54, 1.807) is 7.11 Å². The van der Waals surface area contributed by atoms with Gasteiger partial charge in [0, 0.05) is 25.4 Å². The molecule has 0 heterocycles. The molecule has 1 aromatic carbocycles. The summed E-state index contributed by atoms with van der Waals surface area (Å²) in [6.45, 7) is 3.89. The van der Waals surface area contributed by atoms with Gasteiger partial charge in [0.05, 0.1) is 18.0 Å². The van der Waals surface area contributed by atoms with Crippen molar-refractivity contribution in [1.29, 1.82) is 0 Å². The van der Waals surface area contributed by atoms with Crippen LogP contribution in [0.15, 0.2) is 18.2 Å². The van der Waals surface area contributed by atoms with Crippen LogP contribution in [0.25, 0.3) is 0 Å². The fourth-order valence-corrected chi connectivity index (χ4v) is 2.33. The van der Waals surface area contributed by atoms with E-state index in [4.69, 9.17) is 16.2 Å². The minimum atomic E-state index is 0.531. The molecule has 18 heavy (non-hydrogen) atoms. The fourth-order valence-electron chi connectivity index (χ4n) is 2.33. The maximum Gasteiger partial charge on any atom is 0.0637 e. The molecule has 4 N–H and O–H groups in total. The largest absolute Gasteiger partial charge is 0.397 e. The van der Waals surface area contributed by atoms with E-state index in [9.17, 15) is 0 Å². The quantitative estimate of drug-likeness (QED) is 0.758. The third-order valence-corrected chi connectivity index (χ3v) is 3.73. The molecule has 0 aliphatic heterocycles.